The summed E-state index contributed by atoms with van der Waals surface area (Å²) in [7, 11) is 0. The topological polar surface area (TPSA) is 87.7 Å². The molecular weight excluding hydrogens is 454 g/mol. The van der Waals surface area contributed by atoms with Crippen LogP contribution in [-0.4, -0.2) is 34.5 Å². The Kier molecular flexibility index (Phi) is 9.29. The average Bonchev–Trinajstić information content (AvgIpc) is 2.76. The van der Waals surface area contributed by atoms with Crippen LogP contribution < -0.4 is 10.6 Å². The van der Waals surface area contributed by atoms with E-state index in [1.807, 2.05) is 57.2 Å². The third kappa shape index (κ3) is 7.35. The first-order chi connectivity index (χ1) is 16.7. The van der Waals surface area contributed by atoms with Gasteiger partial charge in [0.25, 0.3) is 11.8 Å². The van der Waals surface area contributed by atoms with Crippen LogP contribution in [0.3, 0.4) is 0 Å². The summed E-state index contributed by atoms with van der Waals surface area (Å²) in [5.41, 5.74) is 3.17. The van der Waals surface area contributed by atoms with E-state index in [4.69, 9.17) is 11.2 Å². The molecule has 192 valence electrons. The molecule has 7 heteroatoms. The van der Waals surface area contributed by atoms with E-state index in [9.17, 15) is 14.4 Å². The van der Waals surface area contributed by atoms with Gasteiger partial charge in [-0.3, -0.25) is 14.5 Å². The molecule has 0 aliphatic rings. The fourth-order valence-electron chi connectivity index (χ4n) is 3.82. The average molecular weight is 492 g/mol. The maximum Gasteiger partial charge on any atom is 0.408 e. The van der Waals surface area contributed by atoms with Crippen molar-refractivity contribution in [2.75, 3.05) is 5.32 Å². The number of hydrogen-bond donors (Lipinski definition) is 2. The predicted octanol–water partition coefficient (Wildman–Crippen LogP) is 5.26. The monoisotopic (exact) mass is 491 g/mol. The highest BCUT2D eigenvalue weighted by molar-refractivity contribution is 6.00. The number of benzene rings is 2. The minimum Gasteiger partial charge on any atom is -0.444 e. The van der Waals surface area contributed by atoms with Crippen LogP contribution in [0.1, 0.15) is 62.9 Å². The van der Waals surface area contributed by atoms with Gasteiger partial charge in [0.15, 0.2) is 0 Å². The third-order valence-electron chi connectivity index (χ3n) is 5.58. The SMILES string of the molecule is C#CN(C(=O)C(NC(=O)OC(C)(C)C)C(C)C)C(C(=O)Nc1c(C)cccc1C)c1cccc(C)c1. The minimum atomic E-state index is -1.12. The van der Waals surface area contributed by atoms with Gasteiger partial charge < -0.3 is 15.4 Å². The second-order valence-electron chi connectivity index (χ2n) is 10.3. The summed E-state index contributed by atoms with van der Waals surface area (Å²) in [6.45, 7) is 14.5. The van der Waals surface area contributed by atoms with E-state index < -0.39 is 35.6 Å². The van der Waals surface area contributed by atoms with Crippen LogP contribution in [0, 0.1) is 39.2 Å². The standard InChI is InChI=1S/C29H37N3O4/c1-10-32(27(34)23(18(2)3)31-28(35)36-29(7,8)9)25(22-16-11-13-19(4)17-22)26(33)30-24-20(5)14-12-15-21(24)6/h1,11-18,23,25H,2-9H3,(H,30,33)(H,31,35). The lowest BCUT2D eigenvalue weighted by Gasteiger charge is -2.32. The second-order valence-corrected chi connectivity index (χ2v) is 10.3. The lowest BCUT2D eigenvalue weighted by atomic mass is 9.98. The van der Waals surface area contributed by atoms with Crippen molar-refractivity contribution in [2.45, 2.75) is 73.1 Å². The number of nitrogens with one attached hydrogen (secondary N) is 2. The predicted molar refractivity (Wildman–Crippen MR) is 142 cm³/mol. The summed E-state index contributed by atoms with van der Waals surface area (Å²) in [5.74, 6) is -1.36. The number of aryl methyl sites for hydroxylation is 3. The van der Waals surface area contributed by atoms with Crippen molar-refractivity contribution in [2.24, 2.45) is 5.92 Å². The fourth-order valence-corrected chi connectivity index (χ4v) is 3.82. The summed E-state index contributed by atoms with van der Waals surface area (Å²) in [6, 6.07) is 13.3. The number of para-hydroxylation sites is 1. The Hall–Kier alpha value is -3.79. The van der Waals surface area contributed by atoms with E-state index in [0.29, 0.717) is 11.3 Å². The number of carbonyl (C=O) groups is 3. The Morgan fingerprint density at radius 3 is 2.08 bits per heavy atom. The number of ether oxygens (including phenoxy) is 1. The van der Waals surface area contributed by atoms with Gasteiger partial charge in [-0.15, -0.1) is 0 Å². The zero-order valence-corrected chi connectivity index (χ0v) is 22.4. The molecular formula is C29H37N3O4. The summed E-state index contributed by atoms with van der Waals surface area (Å²) < 4.78 is 5.34. The number of hydrogen-bond acceptors (Lipinski definition) is 4. The molecule has 0 aliphatic heterocycles. The van der Waals surface area contributed by atoms with Crippen LogP contribution >= 0.6 is 0 Å². The van der Waals surface area contributed by atoms with Crippen molar-refractivity contribution in [1.29, 1.82) is 0 Å². The molecule has 0 radical (unpaired) electrons. The number of rotatable bonds is 7. The first-order valence-electron chi connectivity index (χ1n) is 12.0. The number of anilines is 1. The molecule has 0 heterocycles. The number of terminal acetylenes is 1. The van der Waals surface area contributed by atoms with Gasteiger partial charge in [-0.25, -0.2) is 4.79 Å². The highest BCUT2D eigenvalue weighted by atomic mass is 16.6. The quantitative estimate of drug-likeness (QED) is 0.409. The summed E-state index contributed by atoms with van der Waals surface area (Å²) in [5, 5.41) is 5.60. The van der Waals surface area contributed by atoms with E-state index >= 15 is 0 Å². The molecule has 2 rings (SSSR count). The second kappa shape index (κ2) is 11.8. The maximum absolute atomic E-state index is 13.7. The van der Waals surface area contributed by atoms with Gasteiger partial charge in [-0.1, -0.05) is 68.3 Å². The van der Waals surface area contributed by atoms with Crippen molar-refractivity contribution in [3.63, 3.8) is 0 Å². The van der Waals surface area contributed by atoms with E-state index in [1.165, 1.54) is 0 Å². The van der Waals surface area contributed by atoms with E-state index in [2.05, 4.69) is 16.7 Å². The highest BCUT2D eigenvalue weighted by Gasteiger charge is 2.37. The molecule has 0 spiro atoms. The van der Waals surface area contributed by atoms with Crippen LogP contribution in [-0.2, 0) is 14.3 Å². The molecule has 0 bridgehead atoms. The Morgan fingerprint density at radius 2 is 1.58 bits per heavy atom. The van der Waals surface area contributed by atoms with Gasteiger partial charge in [0.2, 0.25) is 0 Å². The fraction of sp³-hybridized carbons (Fsp3) is 0.414. The molecule has 0 saturated heterocycles. The summed E-state index contributed by atoms with van der Waals surface area (Å²) in [6.07, 6.45) is 5.11. The summed E-state index contributed by atoms with van der Waals surface area (Å²) in [4.78, 5) is 41.0. The van der Waals surface area contributed by atoms with E-state index in [-0.39, 0.29) is 5.92 Å². The Balaban J connectivity index is 2.50. The smallest absolute Gasteiger partial charge is 0.408 e. The Labute approximate surface area is 214 Å². The van der Waals surface area contributed by atoms with Crippen molar-refractivity contribution >= 4 is 23.6 Å². The number of nitrogens with zero attached hydrogens (tertiary/aromatic N) is 1. The molecule has 2 aromatic carbocycles. The molecule has 0 aliphatic carbocycles. The minimum absolute atomic E-state index is 0.319. The molecule has 36 heavy (non-hydrogen) atoms. The molecule has 2 N–H and O–H groups in total. The molecule has 2 aromatic rings. The molecule has 0 saturated carbocycles. The van der Waals surface area contributed by atoms with Gasteiger partial charge in [-0.05, 0) is 64.2 Å². The van der Waals surface area contributed by atoms with Crippen molar-refractivity contribution < 1.29 is 19.1 Å². The molecule has 0 fully saturated rings. The van der Waals surface area contributed by atoms with Crippen LogP contribution in [0.5, 0.6) is 0 Å². The molecule has 7 nitrogen and oxygen atoms in total. The van der Waals surface area contributed by atoms with Crippen LogP contribution in [0.4, 0.5) is 10.5 Å². The first kappa shape index (κ1) is 28.4. The van der Waals surface area contributed by atoms with Crippen LogP contribution in [0.25, 0.3) is 0 Å². The zero-order valence-electron chi connectivity index (χ0n) is 22.4. The maximum atomic E-state index is 13.7. The highest BCUT2D eigenvalue weighted by Crippen LogP contribution is 2.27. The van der Waals surface area contributed by atoms with E-state index in [1.54, 1.807) is 40.7 Å². The van der Waals surface area contributed by atoms with Gasteiger partial charge in [-0.2, -0.15) is 0 Å². The van der Waals surface area contributed by atoms with Gasteiger partial charge in [0, 0.05) is 11.7 Å². The molecule has 2 unspecified atom stereocenters. The Morgan fingerprint density at radius 1 is 1.00 bits per heavy atom. The normalized spacial score (nSPS) is 12.8. The number of alkyl carbamates (subject to hydrolysis) is 1. The summed E-state index contributed by atoms with van der Waals surface area (Å²) >= 11 is 0. The van der Waals surface area contributed by atoms with Crippen LogP contribution in [0.2, 0.25) is 0 Å². The zero-order chi connectivity index (χ0) is 27.2. The van der Waals surface area contributed by atoms with Gasteiger partial charge in [0.1, 0.15) is 17.7 Å². The van der Waals surface area contributed by atoms with Crippen molar-refractivity contribution in [3.8, 4) is 12.5 Å². The Bertz CT molecular complexity index is 1140. The van der Waals surface area contributed by atoms with E-state index in [0.717, 1.165) is 21.6 Å². The number of amides is 3. The molecule has 3 amide bonds. The lowest BCUT2D eigenvalue weighted by Crippen LogP contribution is -2.53. The number of carbonyl (C=O) groups excluding carboxylic acids is 3. The van der Waals surface area contributed by atoms with Crippen molar-refractivity contribution in [1.82, 2.24) is 10.2 Å². The van der Waals surface area contributed by atoms with Crippen LogP contribution in [0.15, 0.2) is 42.5 Å². The van der Waals surface area contributed by atoms with Gasteiger partial charge in [0.05, 0.1) is 0 Å². The van der Waals surface area contributed by atoms with Crippen molar-refractivity contribution in [3.05, 3.63) is 64.7 Å². The molecule has 0 aromatic heterocycles. The third-order valence-corrected chi connectivity index (χ3v) is 5.58. The molecule has 2 atom stereocenters. The first-order valence-corrected chi connectivity index (χ1v) is 12.0. The van der Waals surface area contributed by atoms with Gasteiger partial charge >= 0.3 is 6.09 Å². The lowest BCUT2D eigenvalue weighted by molar-refractivity contribution is -0.137. The largest absolute Gasteiger partial charge is 0.444 e.